The Bertz CT molecular complexity index is 150. The third kappa shape index (κ3) is 16.5. The van der Waals surface area contributed by atoms with Crippen molar-refractivity contribution in [2.45, 2.75) is 6.42 Å². The second-order valence-corrected chi connectivity index (χ2v) is 2.94. The topological polar surface area (TPSA) is 74.6 Å². The van der Waals surface area contributed by atoms with E-state index in [9.17, 15) is 8.42 Å². The number of aliphatic hydroxyl groups excluding tert-OH is 1. The van der Waals surface area contributed by atoms with Gasteiger partial charge in [0.1, 0.15) is 0 Å². The molecule has 0 saturated heterocycles. The second kappa shape index (κ2) is 8.96. The monoisotopic (exact) mass is 188 g/mol. The van der Waals surface area contributed by atoms with Crippen LogP contribution in [0.4, 0.5) is 0 Å². The van der Waals surface area contributed by atoms with Crippen molar-refractivity contribution in [1.82, 2.24) is 0 Å². The van der Waals surface area contributed by atoms with Crippen LogP contribution >= 0.6 is 0 Å². The average molecular weight is 188 g/mol. The molecular weight excluding hydrogens is 178 g/mol. The number of aliphatic hydroxyl groups is 1. The zero-order valence-electron chi connectivity index (χ0n) is 8.24. The first kappa shape index (κ1) is 17.8. The molecule has 0 spiro atoms. The largest absolute Gasteiger partial charge is 1.00 e. The van der Waals surface area contributed by atoms with Crippen LogP contribution in [0.1, 0.15) is 9.27 Å². The zero-order chi connectivity index (χ0) is 6.62. The van der Waals surface area contributed by atoms with Gasteiger partial charge < -0.3 is 7.96 Å². The summed E-state index contributed by atoms with van der Waals surface area (Å²) in [4.78, 5) is 0. The van der Waals surface area contributed by atoms with Crippen LogP contribution in [0.15, 0.2) is 0 Å². The minimum Gasteiger partial charge on any atom is -1.00 e. The van der Waals surface area contributed by atoms with E-state index in [0.717, 1.165) is 0 Å². The Hall–Kier alpha value is 1.87. The van der Waals surface area contributed by atoms with Crippen molar-refractivity contribution >= 4 is 10.1 Å². The molecule has 0 bridgehead atoms. The first-order chi connectivity index (χ1) is 3.56. The van der Waals surface area contributed by atoms with Crippen molar-refractivity contribution in [1.29, 1.82) is 0 Å². The first-order valence-electron chi connectivity index (χ1n) is 2.12. The predicted octanol–water partition coefficient (Wildman–Crippen LogP) is -6.51. The van der Waals surface area contributed by atoms with Crippen molar-refractivity contribution in [3.05, 3.63) is 0 Å². The molecule has 0 aromatic heterocycles. The van der Waals surface area contributed by atoms with Gasteiger partial charge in [-0.3, -0.25) is 4.55 Å². The van der Waals surface area contributed by atoms with Crippen LogP contribution in [-0.4, -0.2) is 30.4 Å². The minimum absolute atomic E-state index is 0. The van der Waals surface area contributed by atoms with Gasteiger partial charge in [0.05, 0.1) is 5.75 Å². The molecule has 10 heavy (non-hydrogen) atoms. The van der Waals surface area contributed by atoms with Gasteiger partial charge in [-0.2, -0.15) is 8.42 Å². The van der Waals surface area contributed by atoms with Crippen molar-refractivity contribution in [2.24, 2.45) is 0 Å². The second-order valence-electron chi connectivity index (χ2n) is 1.36. The Morgan fingerprint density at radius 1 is 1.30 bits per heavy atom. The molecule has 2 N–H and O–H groups in total. The summed E-state index contributed by atoms with van der Waals surface area (Å²) in [6.45, 7) is -0.209. The van der Waals surface area contributed by atoms with Gasteiger partial charge >= 0.3 is 59.1 Å². The molecule has 0 unspecified atom stereocenters. The van der Waals surface area contributed by atoms with Gasteiger partial charge in [0.15, 0.2) is 0 Å². The number of hydrogen-bond acceptors (Lipinski definition) is 3. The van der Waals surface area contributed by atoms with Gasteiger partial charge in [0, 0.05) is 6.61 Å². The van der Waals surface area contributed by atoms with Crippen LogP contribution in [0.2, 0.25) is 0 Å². The maximum Gasteiger partial charge on any atom is 1.00 e. The molecule has 7 heteroatoms. The van der Waals surface area contributed by atoms with Crippen LogP contribution in [0.3, 0.4) is 0 Å². The van der Waals surface area contributed by atoms with E-state index >= 15 is 0 Å². The quantitative estimate of drug-likeness (QED) is 0.341. The van der Waals surface area contributed by atoms with Crippen molar-refractivity contribution in [3.63, 3.8) is 0 Å². The Morgan fingerprint density at radius 2 is 1.70 bits per heavy atom. The Kier molecular flexibility index (Phi) is 16.0. The molecule has 0 aliphatic rings. The molecule has 0 rings (SSSR count). The summed E-state index contributed by atoms with van der Waals surface area (Å²) in [5.74, 6) is -0.358. The van der Waals surface area contributed by atoms with Crippen LogP contribution in [0.25, 0.3) is 0 Å². The van der Waals surface area contributed by atoms with Gasteiger partial charge in [-0.05, 0) is 6.42 Å². The summed E-state index contributed by atoms with van der Waals surface area (Å²) in [5.41, 5.74) is 0. The van der Waals surface area contributed by atoms with Gasteiger partial charge in [-0.25, -0.2) is 0 Å². The summed E-state index contributed by atoms with van der Waals surface area (Å²) < 4.78 is 27.7. The normalized spacial score (nSPS) is 9.40. The van der Waals surface area contributed by atoms with Gasteiger partial charge in [0.25, 0.3) is 10.1 Å². The SMILES string of the molecule is O=S(=O)(O)CCCO.[H-].[H-].[Na+].[Na+]. The molecule has 0 aliphatic carbocycles. The van der Waals surface area contributed by atoms with E-state index < -0.39 is 10.1 Å². The molecule has 0 radical (unpaired) electrons. The molecular formula is C3H10Na2O4S. The molecule has 0 aromatic rings. The fraction of sp³-hybridized carbons (Fsp3) is 1.00. The van der Waals surface area contributed by atoms with Crippen LogP contribution in [0.5, 0.6) is 0 Å². The molecule has 0 saturated carbocycles. The van der Waals surface area contributed by atoms with Crippen LogP contribution in [0, 0.1) is 0 Å². The standard InChI is InChI=1S/C3H8O4S.2Na.2H/c4-2-1-3-8(5,6)7;;;;/h4H,1-3H2,(H,5,6,7);;;;/q;2*+1;2*-1. The van der Waals surface area contributed by atoms with E-state index in [2.05, 4.69) is 0 Å². The summed E-state index contributed by atoms with van der Waals surface area (Å²) in [6.07, 6.45) is 0.0961. The van der Waals surface area contributed by atoms with E-state index in [1.54, 1.807) is 0 Å². The summed E-state index contributed by atoms with van der Waals surface area (Å²) in [6, 6.07) is 0. The molecule has 0 fully saturated rings. The van der Waals surface area contributed by atoms with Crippen molar-refractivity contribution in [3.8, 4) is 0 Å². The van der Waals surface area contributed by atoms with E-state index in [1.807, 2.05) is 0 Å². The van der Waals surface area contributed by atoms with Gasteiger partial charge in [-0.15, -0.1) is 0 Å². The Balaban J connectivity index is -0.0000000408. The maximum absolute atomic E-state index is 9.83. The predicted molar refractivity (Wildman–Crippen MR) is 30.3 cm³/mol. The Morgan fingerprint density at radius 3 is 1.80 bits per heavy atom. The molecule has 4 nitrogen and oxygen atoms in total. The van der Waals surface area contributed by atoms with Gasteiger partial charge in [0.2, 0.25) is 0 Å². The van der Waals surface area contributed by atoms with Crippen LogP contribution in [-0.2, 0) is 10.1 Å². The average Bonchev–Trinajstić information content (AvgIpc) is 1.59. The third-order valence-electron chi connectivity index (χ3n) is 0.560. The van der Waals surface area contributed by atoms with E-state index in [1.165, 1.54) is 0 Å². The fourth-order valence-electron chi connectivity index (χ4n) is 0.247. The van der Waals surface area contributed by atoms with Gasteiger partial charge in [-0.1, -0.05) is 0 Å². The minimum atomic E-state index is -3.85. The molecule has 0 atom stereocenters. The smallest absolute Gasteiger partial charge is 1.00 e. The first-order valence-corrected chi connectivity index (χ1v) is 3.73. The fourth-order valence-corrected chi connectivity index (χ4v) is 0.741. The molecule has 0 aromatic carbocycles. The molecule has 0 heterocycles. The molecule has 0 amide bonds. The van der Waals surface area contributed by atoms with E-state index in [-0.39, 0.29) is 80.7 Å². The van der Waals surface area contributed by atoms with E-state index in [4.69, 9.17) is 9.66 Å². The Labute approximate surface area is 108 Å². The summed E-state index contributed by atoms with van der Waals surface area (Å²) in [7, 11) is -3.85. The number of rotatable bonds is 3. The zero-order valence-corrected chi connectivity index (χ0v) is 11.1. The molecule has 0 aliphatic heterocycles. The molecule has 54 valence electrons. The van der Waals surface area contributed by atoms with E-state index in [0.29, 0.717) is 0 Å². The summed E-state index contributed by atoms with van der Waals surface area (Å²) >= 11 is 0. The van der Waals surface area contributed by atoms with Crippen molar-refractivity contribution in [2.75, 3.05) is 12.4 Å². The van der Waals surface area contributed by atoms with Crippen LogP contribution < -0.4 is 59.1 Å². The summed E-state index contributed by atoms with van der Waals surface area (Å²) in [5, 5.41) is 8.05. The third-order valence-corrected chi connectivity index (χ3v) is 1.36. The maximum atomic E-state index is 9.83. The number of hydrogen-bond donors (Lipinski definition) is 2. The van der Waals surface area contributed by atoms with Crippen molar-refractivity contribution < 1.29 is 80.0 Å².